The van der Waals surface area contributed by atoms with Crippen molar-refractivity contribution in [1.82, 2.24) is 4.90 Å². The maximum atomic E-state index is 9.31. The van der Waals surface area contributed by atoms with Gasteiger partial charge in [0.1, 0.15) is 6.23 Å². The van der Waals surface area contributed by atoms with Gasteiger partial charge in [0, 0.05) is 6.04 Å². The van der Waals surface area contributed by atoms with Crippen LogP contribution in [0.4, 0.5) is 0 Å². The summed E-state index contributed by atoms with van der Waals surface area (Å²) in [6.07, 6.45) is -0.316. The highest BCUT2D eigenvalue weighted by Gasteiger charge is 2.57. The molecule has 0 aromatic rings. The van der Waals surface area contributed by atoms with Gasteiger partial charge < -0.3 is 5.11 Å². The van der Waals surface area contributed by atoms with Crippen molar-refractivity contribution in [2.45, 2.75) is 40.0 Å². The Hall–Kier alpha value is -0.0800. The Balaban J connectivity index is 2.53. The molecule has 1 fully saturated rings. The van der Waals surface area contributed by atoms with Crippen molar-refractivity contribution in [2.24, 2.45) is 11.3 Å². The van der Waals surface area contributed by atoms with Gasteiger partial charge in [0.25, 0.3) is 0 Å². The van der Waals surface area contributed by atoms with Crippen molar-refractivity contribution in [3.8, 4) is 0 Å². The van der Waals surface area contributed by atoms with Crippen LogP contribution >= 0.6 is 0 Å². The van der Waals surface area contributed by atoms with Crippen molar-refractivity contribution in [3.05, 3.63) is 0 Å². The molecule has 0 saturated heterocycles. The number of rotatable bonds is 2. The predicted octanol–water partition coefficient (Wildman–Crippen LogP) is 1.30. The van der Waals surface area contributed by atoms with Gasteiger partial charge in [-0.05, 0) is 25.3 Å². The zero-order chi connectivity index (χ0) is 8.81. The van der Waals surface area contributed by atoms with E-state index in [9.17, 15) is 5.11 Å². The summed E-state index contributed by atoms with van der Waals surface area (Å²) in [5, 5.41) is 9.31. The van der Waals surface area contributed by atoms with Crippen LogP contribution in [0.3, 0.4) is 0 Å². The molecule has 0 spiro atoms. The number of aliphatic hydroxyl groups excluding tert-OH is 1. The molecule has 1 aliphatic carbocycles. The minimum Gasteiger partial charge on any atom is -0.379 e. The number of aliphatic hydroxyl groups is 1. The first-order valence-electron chi connectivity index (χ1n) is 4.29. The van der Waals surface area contributed by atoms with E-state index in [1.807, 2.05) is 18.9 Å². The predicted molar refractivity (Wildman–Crippen MR) is 46.2 cm³/mol. The molecule has 1 saturated carbocycles. The average Bonchev–Trinajstić information content (AvgIpc) is 2.32. The summed E-state index contributed by atoms with van der Waals surface area (Å²) in [6, 6.07) is 0.558. The smallest absolute Gasteiger partial charge is 0.104 e. The molecule has 0 aromatic heterocycles. The van der Waals surface area contributed by atoms with Crippen molar-refractivity contribution in [1.29, 1.82) is 0 Å². The summed E-state index contributed by atoms with van der Waals surface area (Å²) < 4.78 is 0. The Morgan fingerprint density at radius 3 is 1.91 bits per heavy atom. The molecule has 3 atom stereocenters. The van der Waals surface area contributed by atoms with Crippen molar-refractivity contribution >= 4 is 0 Å². The lowest BCUT2D eigenvalue weighted by Crippen LogP contribution is -2.33. The van der Waals surface area contributed by atoms with E-state index in [-0.39, 0.29) is 6.23 Å². The fourth-order valence-corrected chi connectivity index (χ4v) is 1.97. The number of hydrogen-bond donors (Lipinski definition) is 1. The van der Waals surface area contributed by atoms with E-state index < -0.39 is 0 Å². The maximum Gasteiger partial charge on any atom is 0.104 e. The third-order valence-electron chi connectivity index (χ3n) is 3.33. The Morgan fingerprint density at radius 1 is 1.45 bits per heavy atom. The minimum atomic E-state index is -0.316. The maximum absolute atomic E-state index is 9.31. The highest BCUT2D eigenvalue weighted by atomic mass is 16.3. The first-order valence-corrected chi connectivity index (χ1v) is 4.29. The van der Waals surface area contributed by atoms with Crippen molar-refractivity contribution < 1.29 is 5.11 Å². The summed E-state index contributed by atoms with van der Waals surface area (Å²) in [5.41, 5.74) is 0.395. The molecule has 1 aliphatic rings. The van der Waals surface area contributed by atoms with Crippen LogP contribution in [0.25, 0.3) is 0 Å². The summed E-state index contributed by atoms with van der Waals surface area (Å²) >= 11 is 0. The molecular weight excluding hydrogens is 138 g/mol. The summed E-state index contributed by atoms with van der Waals surface area (Å²) in [5.74, 6) is 0.710. The van der Waals surface area contributed by atoms with Gasteiger partial charge in [0.2, 0.25) is 0 Å². The van der Waals surface area contributed by atoms with Gasteiger partial charge in [-0.25, -0.2) is 0 Å². The van der Waals surface area contributed by atoms with Gasteiger partial charge in [-0.15, -0.1) is 0 Å². The van der Waals surface area contributed by atoms with Crippen LogP contribution in [0.15, 0.2) is 0 Å². The third-order valence-corrected chi connectivity index (χ3v) is 3.33. The Labute approximate surface area is 69.2 Å². The molecule has 3 unspecified atom stereocenters. The number of hydrogen-bond acceptors (Lipinski definition) is 2. The van der Waals surface area contributed by atoms with Gasteiger partial charge in [-0.1, -0.05) is 20.8 Å². The Kier molecular flexibility index (Phi) is 2.01. The first kappa shape index (κ1) is 9.01. The topological polar surface area (TPSA) is 23.5 Å². The lowest BCUT2D eigenvalue weighted by atomic mass is 10.1. The second-order valence-corrected chi connectivity index (χ2v) is 4.35. The van der Waals surface area contributed by atoms with Gasteiger partial charge in [-0.2, -0.15) is 0 Å². The molecule has 1 rings (SSSR count). The molecule has 0 bridgehead atoms. The second kappa shape index (κ2) is 2.46. The van der Waals surface area contributed by atoms with Crippen LogP contribution in [0.1, 0.15) is 27.7 Å². The molecule has 66 valence electrons. The molecule has 0 aliphatic heterocycles. The number of nitrogens with zero attached hydrogens (tertiary/aromatic N) is 1. The fourth-order valence-electron chi connectivity index (χ4n) is 1.97. The molecule has 1 N–H and O–H groups in total. The van der Waals surface area contributed by atoms with Crippen molar-refractivity contribution in [2.75, 3.05) is 7.05 Å². The van der Waals surface area contributed by atoms with Gasteiger partial charge in [0.15, 0.2) is 0 Å². The molecule has 11 heavy (non-hydrogen) atoms. The molecule has 0 aromatic carbocycles. The van der Waals surface area contributed by atoms with E-state index in [2.05, 4.69) is 20.8 Å². The highest BCUT2D eigenvalue weighted by molar-refractivity contribution is 5.08. The summed E-state index contributed by atoms with van der Waals surface area (Å²) in [6.45, 7) is 8.56. The van der Waals surface area contributed by atoms with Crippen LogP contribution in [0.2, 0.25) is 0 Å². The lowest BCUT2D eigenvalue weighted by Gasteiger charge is -2.21. The molecule has 0 radical (unpaired) electrons. The normalized spacial score (nSPS) is 37.4. The average molecular weight is 157 g/mol. The van der Waals surface area contributed by atoms with Gasteiger partial charge in [0.05, 0.1) is 0 Å². The standard InChI is InChI=1S/C9H19NO/c1-6-8(9(6,3)4)10(5)7(2)11/h6-8,11H,1-5H3. The molecular formula is C9H19NO. The van der Waals surface area contributed by atoms with E-state index in [4.69, 9.17) is 0 Å². The van der Waals surface area contributed by atoms with E-state index in [0.29, 0.717) is 17.4 Å². The zero-order valence-electron chi connectivity index (χ0n) is 8.13. The molecule has 2 heteroatoms. The van der Waals surface area contributed by atoms with E-state index in [0.717, 1.165) is 0 Å². The zero-order valence-corrected chi connectivity index (χ0v) is 8.13. The molecule has 2 nitrogen and oxygen atoms in total. The van der Waals surface area contributed by atoms with E-state index in [1.165, 1.54) is 0 Å². The Morgan fingerprint density at radius 2 is 1.82 bits per heavy atom. The summed E-state index contributed by atoms with van der Waals surface area (Å²) in [4.78, 5) is 2.05. The second-order valence-electron chi connectivity index (χ2n) is 4.35. The van der Waals surface area contributed by atoms with Crippen LogP contribution in [0.5, 0.6) is 0 Å². The van der Waals surface area contributed by atoms with E-state index in [1.54, 1.807) is 0 Å². The van der Waals surface area contributed by atoms with Gasteiger partial charge in [-0.3, -0.25) is 4.90 Å². The van der Waals surface area contributed by atoms with E-state index >= 15 is 0 Å². The van der Waals surface area contributed by atoms with Crippen LogP contribution in [0, 0.1) is 11.3 Å². The highest BCUT2D eigenvalue weighted by Crippen LogP contribution is 2.54. The van der Waals surface area contributed by atoms with Gasteiger partial charge >= 0.3 is 0 Å². The molecule has 0 heterocycles. The monoisotopic (exact) mass is 157 g/mol. The van der Waals surface area contributed by atoms with Crippen molar-refractivity contribution in [3.63, 3.8) is 0 Å². The lowest BCUT2D eigenvalue weighted by molar-refractivity contribution is 0.0235. The first-order chi connectivity index (χ1) is 4.89. The van der Waals surface area contributed by atoms with Crippen LogP contribution in [-0.2, 0) is 0 Å². The fraction of sp³-hybridized carbons (Fsp3) is 1.00. The Bertz CT molecular complexity index is 154. The molecule has 0 amide bonds. The largest absolute Gasteiger partial charge is 0.379 e. The van der Waals surface area contributed by atoms with Crippen LogP contribution < -0.4 is 0 Å². The van der Waals surface area contributed by atoms with Crippen LogP contribution in [-0.4, -0.2) is 29.3 Å². The SMILES string of the molecule is CC(O)N(C)C1C(C)C1(C)C. The minimum absolute atomic E-state index is 0.316. The quantitative estimate of drug-likeness (QED) is 0.611. The third kappa shape index (κ3) is 1.30. The summed E-state index contributed by atoms with van der Waals surface area (Å²) in [7, 11) is 1.99.